The summed E-state index contributed by atoms with van der Waals surface area (Å²) in [4.78, 5) is 24.3. The third-order valence-electron chi connectivity index (χ3n) is 4.94. The predicted octanol–water partition coefficient (Wildman–Crippen LogP) is 5.62. The van der Waals surface area contributed by atoms with Crippen LogP contribution in [-0.4, -0.2) is 35.5 Å². The number of hydrogen-bond acceptors (Lipinski definition) is 3. The number of hydrogen-bond donors (Lipinski definition) is 2. The van der Waals surface area contributed by atoms with Gasteiger partial charge in [0.1, 0.15) is 0 Å². The van der Waals surface area contributed by atoms with Crippen molar-refractivity contribution in [2.75, 3.05) is 18.9 Å². The molecule has 0 unspecified atom stereocenters. The van der Waals surface area contributed by atoms with Gasteiger partial charge in [-0.05, 0) is 37.7 Å². The van der Waals surface area contributed by atoms with Crippen molar-refractivity contribution < 1.29 is 14.7 Å². The zero-order valence-corrected chi connectivity index (χ0v) is 18.2. The predicted molar refractivity (Wildman–Crippen MR) is 120 cm³/mol. The second kappa shape index (κ2) is 15.7. The second-order valence-corrected chi connectivity index (χ2v) is 7.78. The monoisotopic (exact) mass is 402 g/mol. The molecular weight excluding hydrogens is 364 g/mol. The summed E-state index contributed by atoms with van der Waals surface area (Å²) in [5.74, 6) is -1.58. The van der Waals surface area contributed by atoms with Crippen LogP contribution in [0.3, 0.4) is 0 Å². The molecular formula is C24H38N2O3. The first-order chi connectivity index (χ1) is 14.0. The van der Waals surface area contributed by atoms with Crippen molar-refractivity contribution in [2.24, 2.45) is 0 Å². The number of nitrogens with zero attached hydrogens (tertiary/aromatic N) is 1. The van der Waals surface area contributed by atoms with Crippen LogP contribution in [0, 0.1) is 0 Å². The third-order valence-corrected chi connectivity index (χ3v) is 4.94. The maximum atomic E-state index is 11.6. The number of nitrogens with one attached hydrogen (secondary N) is 1. The van der Waals surface area contributed by atoms with Crippen molar-refractivity contribution >= 4 is 17.6 Å². The lowest BCUT2D eigenvalue weighted by Gasteiger charge is -2.17. The molecule has 162 valence electrons. The molecule has 0 spiro atoms. The maximum Gasteiger partial charge on any atom is 0.328 e. The van der Waals surface area contributed by atoms with Crippen molar-refractivity contribution in [3.8, 4) is 0 Å². The van der Waals surface area contributed by atoms with Crippen molar-refractivity contribution in [3.63, 3.8) is 0 Å². The summed E-state index contributed by atoms with van der Waals surface area (Å²) in [6, 6.07) is 7.67. The molecule has 0 atom stereocenters. The van der Waals surface area contributed by atoms with E-state index in [4.69, 9.17) is 5.11 Å². The number of carboxylic acid groups (broad SMARTS) is 1. The highest BCUT2D eigenvalue weighted by Crippen LogP contribution is 2.13. The van der Waals surface area contributed by atoms with Crippen molar-refractivity contribution in [1.29, 1.82) is 0 Å². The molecule has 0 aliphatic carbocycles. The van der Waals surface area contributed by atoms with E-state index in [0.29, 0.717) is 5.69 Å². The zero-order chi connectivity index (χ0) is 21.3. The van der Waals surface area contributed by atoms with E-state index in [1.807, 2.05) is 24.3 Å². The normalized spacial score (nSPS) is 11.3. The van der Waals surface area contributed by atoms with E-state index in [2.05, 4.69) is 24.2 Å². The largest absolute Gasteiger partial charge is 0.478 e. The Morgan fingerprint density at radius 1 is 0.897 bits per heavy atom. The fourth-order valence-electron chi connectivity index (χ4n) is 3.28. The van der Waals surface area contributed by atoms with Crippen LogP contribution >= 0.6 is 0 Å². The van der Waals surface area contributed by atoms with Gasteiger partial charge in [-0.25, -0.2) is 4.79 Å². The number of carbonyl (C=O) groups is 2. The molecule has 1 aromatic carbocycles. The summed E-state index contributed by atoms with van der Waals surface area (Å²) in [6.45, 7) is 4.23. The number of amides is 1. The SMILES string of the molecule is CCCCCCCCCCCCN(C)Cc1ccc(NC(=O)C=CC(=O)O)cc1. The molecule has 29 heavy (non-hydrogen) atoms. The maximum absolute atomic E-state index is 11.6. The van der Waals surface area contributed by atoms with Gasteiger partial charge in [-0.3, -0.25) is 4.79 Å². The first kappa shape index (κ1) is 24.9. The first-order valence-electron chi connectivity index (χ1n) is 11.0. The lowest BCUT2D eigenvalue weighted by Crippen LogP contribution is -2.19. The quantitative estimate of drug-likeness (QED) is 0.278. The van der Waals surface area contributed by atoms with Crippen LogP contribution in [0.15, 0.2) is 36.4 Å². The number of unbranched alkanes of at least 4 members (excludes halogenated alkanes) is 9. The van der Waals surface area contributed by atoms with Gasteiger partial charge in [0.25, 0.3) is 0 Å². The molecule has 0 aliphatic rings. The molecule has 0 heterocycles. The van der Waals surface area contributed by atoms with Gasteiger partial charge in [-0.1, -0.05) is 76.8 Å². The standard InChI is InChI=1S/C24H38N2O3/c1-3-4-5-6-7-8-9-10-11-12-19-26(2)20-21-13-15-22(16-14-21)25-23(27)17-18-24(28)29/h13-18H,3-12,19-20H2,1-2H3,(H,25,27)(H,28,29). The molecule has 0 fully saturated rings. The average molecular weight is 403 g/mol. The number of carbonyl (C=O) groups excluding carboxylic acids is 1. The smallest absolute Gasteiger partial charge is 0.328 e. The van der Waals surface area contributed by atoms with Gasteiger partial charge < -0.3 is 15.3 Å². The number of benzene rings is 1. The minimum atomic E-state index is -1.14. The highest BCUT2D eigenvalue weighted by molar-refractivity contribution is 6.02. The number of carboxylic acids is 1. The lowest BCUT2D eigenvalue weighted by molar-refractivity contribution is -0.131. The van der Waals surface area contributed by atoms with Crippen LogP contribution in [0.2, 0.25) is 0 Å². The van der Waals surface area contributed by atoms with Gasteiger partial charge in [0.05, 0.1) is 0 Å². The van der Waals surface area contributed by atoms with E-state index in [1.165, 1.54) is 69.8 Å². The number of rotatable bonds is 16. The molecule has 0 radical (unpaired) electrons. The fourth-order valence-corrected chi connectivity index (χ4v) is 3.28. The summed E-state index contributed by atoms with van der Waals surface area (Å²) in [5.41, 5.74) is 1.85. The molecule has 1 rings (SSSR count). The Balaban J connectivity index is 2.14. The van der Waals surface area contributed by atoms with Crippen molar-refractivity contribution in [2.45, 2.75) is 77.7 Å². The van der Waals surface area contributed by atoms with Gasteiger partial charge in [0.15, 0.2) is 0 Å². The van der Waals surface area contributed by atoms with Crippen LogP contribution in [0.25, 0.3) is 0 Å². The third kappa shape index (κ3) is 13.6. The summed E-state index contributed by atoms with van der Waals surface area (Å²) >= 11 is 0. The molecule has 5 nitrogen and oxygen atoms in total. The molecule has 1 aromatic rings. The van der Waals surface area contributed by atoms with Gasteiger partial charge in [-0.2, -0.15) is 0 Å². The van der Waals surface area contributed by atoms with Crippen molar-refractivity contribution in [3.05, 3.63) is 42.0 Å². The summed E-state index contributed by atoms with van der Waals surface area (Å²) in [7, 11) is 2.14. The second-order valence-electron chi connectivity index (χ2n) is 7.78. The van der Waals surface area contributed by atoms with E-state index in [9.17, 15) is 9.59 Å². The van der Waals surface area contributed by atoms with Gasteiger partial charge in [0, 0.05) is 24.4 Å². The molecule has 1 amide bonds. The van der Waals surface area contributed by atoms with Gasteiger partial charge in [0.2, 0.25) is 5.91 Å². The molecule has 0 saturated heterocycles. The van der Waals surface area contributed by atoms with Crippen LogP contribution < -0.4 is 5.32 Å². The molecule has 0 aliphatic heterocycles. The van der Waals surface area contributed by atoms with Crippen molar-refractivity contribution in [1.82, 2.24) is 4.90 Å². The first-order valence-corrected chi connectivity index (χ1v) is 11.0. The Labute approximate surface area is 176 Å². The van der Waals surface area contributed by atoms with Gasteiger partial charge >= 0.3 is 5.97 Å². The van der Waals surface area contributed by atoms with Gasteiger partial charge in [-0.15, -0.1) is 0 Å². The van der Waals surface area contributed by atoms with E-state index in [1.54, 1.807) is 0 Å². The molecule has 2 N–H and O–H groups in total. The molecule has 0 bridgehead atoms. The Morgan fingerprint density at radius 2 is 1.45 bits per heavy atom. The van der Waals surface area contributed by atoms with Crippen LogP contribution in [0.1, 0.15) is 76.7 Å². The van der Waals surface area contributed by atoms with Crippen LogP contribution in [0.4, 0.5) is 5.69 Å². The highest BCUT2D eigenvalue weighted by atomic mass is 16.4. The van der Waals surface area contributed by atoms with E-state index in [-0.39, 0.29) is 0 Å². The fraction of sp³-hybridized carbons (Fsp3) is 0.583. The molecule has 0 aromatic heterocycles. The topological polar surface area (TPSA) is 69.6 Å². The number of anilines is 1. The van der Waals surface area contributed by atoms with E-state index < -0.39 is 11.9 Å². The van der Waals surface area contributed by atoms with E-state index in [0.717, 1.165) is 25.2 Å². The Kier molecular flexibility index (Phi) is 13.5. The minimum Gasteiger partial charge on any atom is -0.478 e. The molecule has 0 saturated carbocycles. The van der Waals surface area contributed by atoms with E-state index >= 15 is 0 Å². The Bertz CT molecular complexity index is 611. The van der Waals surface area contributed by atoms with Crippen LogP contribution in [-0.2, 0) is 16.1 Å². The Hall–Kier alpha value is -2.14. The zero-order valence-electron chi connectivity index (χ0n) is 18.2. The van der Waals surface area contributed by atoms with Crippen LogP contribution in [0.5, 0.6) is 0 Å². The summed E-state index contributed by atoms with van der Waals surface area (Å²) in [5, 5.41) is 11.2. The highest BCUT2D eigenvalue weighted by Gasteiger charge is 2.03. The lowest BCUT2D eigenvalue weighted by atomic mass is 10.1. The minimum absolute atomic E-state index is 0.446. The number of aliphatic carboxylic acids is 1. The average Bonchev–Trinajstić information content (AvgIpc) is 2.69. The molecule has 5 heteroatoms. The summed E-state index contributed by atoms with van der Waals surface area (Å²) < 4.78 is 0. The Morgan fingerprint density at radius 3 is 2.00 bits per heavy atom. The summed E-state index contributed by atoms with van der Waals surface area (Å²) in [6.07, 6.45) is 15.4.